The largest absolute Gasteiger partial charge is 0.497 e. The number of nitrogens with one attached hydrogen (secondary N) is 1. The van der Waals surface area contributed by atoms with E-state index in [4.69, 9.17) is 4.74 Å². The molecule has 0 aliphatic rings. The molecular weight excluding hydrogens is 502 g/mol. The van der Waals surface area contributed by atoms with E-state index in [1.807, 2.05) is 51.1 Å². The molecule has 1 N–H and O–H groups in total. The van der Waals surface area contributed by atoms with Crippen LogP contribution in [0.5, 0.6) is 5.75 Å². The average molecular weight is 538 g/mol. The quantitative estimate of drug-likeness (QED) is 0.418. The second kappa shape index (κ2) is 12.1. The lowest BCUT2D eigenvalue weighted by Gasteiger charge is -2.33. The van der Waals surface area contributed by atoms with Crippen molar-refractivity contribution in [2.45, 2.75) is 50.7 Å². The van der Waals surface area contributed by atoms with Crippen molar-refractivity contribution in [3.8, 4) is 5.75 Å². The Labute approximate surface area is 225 Å². The number of rotatable bonds is 10. The lowest BCUT2D eigenvalue weighted by molar-refractivity contribution is -0.140. The van der Waals surface area contributed by atoms with E-state index in [9.17, 15) is 18.0 Å². The molecule has 38 heavy (non-hydrogen) atoms. The molecule has 0 spiro atoms. The fourth-order valence-electron chi connectivity index (χ4n) is 3.83. The van der Waals surface area contributed by atoms with Crippen LogP contribution in [0, 0.1) is 0 Å². The first-order valence-corrected chi connectivity index (χ1v) is 13.7. The summed E-state index contributed by atoms with van der Waals surface area (Å²) in [6.45, 7) is 6.88. The third kappa shape index (κ3) is 7.35. The minimum atomic E-state index is -4.13. The highest BCUT2D eigenvalue weighted by molar-refractivity contribution is 7.92. The average Bonchev–Trinajstić information content (AvgIpc) is 2.90. The molecule has 0 fully saturated rings. The maximum Gasteiger partial charge on any atom is 0.264 e. The summed E-state index contributed by atoms with van der Waals surface area (Å²) in [5.41, 5.74) is 0.657. The Kier molecular flexibility index (Phi) is 9.17. The van der Waals surface area contributed by atoms with Crippen LogP contribution in [0.3, 0.4) is 0 Å². The van der Waals surface area contributed by atoms with Gasteiger partial charge in [0.05, 0.1) is 17.7 Å². The number of para-hydroxylation sites is 1. The van der Waals surface area contributed by atoms with Gasteiger partial charge < -0.3 is 15.0 Å². The number of sulfonamides is 1. The third-order valence-corrected chi connectivity index (χ3v) is 7.62. The molecule has 3 rings (SSSR count). The first-order chi connectivity index (χ1) is 17.9. The van der Waals surface area contributed by atoms with Gasteiger partial charge in [0.15, 0.2) is 0 Å². The Morgan fingerprint density at radius 2 is 1.45 bits per heavy atom. The summed E-state index contributed by atoms with van der Waals surface area (Å²) in [6, 6.07) is 22.9. The normalized spacial score (nSPS) is 12.3. The standard InChI is InChI=1S/C29H35N3O5S/c1-22(28(34)30-29(2,3)4)31(20-23-12-8-6-9-13-23)27(33)21-32(24-14-10-7-11-15-24)38(35,36)26-18-16-25(37-5)17-19-26/h6-19,22H,20-21H2,1-5H3,(H,30,34)/t22-/m0/s1. The van der Waals surface area contributed by atoms with Gasteiger partial charge in [-0.1, -0.05) is 48.5 Å². The number of hydrogen-bond acceptors (Lipinski definition) is 5. The lowest BCUT2D eigenvalue weighted by Crippen LogP contribution is -2.54. The van der Waals surface area contributed by atoms with Gasteiger partial charge in [-0.25, -0.2) is 8.42 Å². The maximum atomic E-state index is 13.8. The molecule has 0 saturated heterocycles. The third-order valence-electron chi connectivity index (χ3n) is 5.83. The van der Waals surface area contributed by atoms with Crippen molar-refractivity contribution in [2.24, 2.45) is 0 Å². The minimum Gasteiger partial charge on any atom is -0.497 e. The highest BCUT2D eigenvalue weighted by Crippen LogP contribution is 2.25. The van der Waals surface area contributed by atoms with E-state index in [0.29, 0.717) is 11.4 Å². The first-order valence-electron chi connectivity index (χ1n) is 12.3. The number of carbonyl (C=O) groups excluding carboxylic acids is 2. The van der Waals surface area contributed by atoms with Gasteiger partial charge in [-0.3, -0.25) is 13.9 Å². The topological polar surface area (TPSA) is 96.0 Å². The number of anilines is 1. The minimum absolute atomic E-state index is 0.0167. The molecule has 0 aliphatic carbocycles. The molecule has 0 bridgehead atoms. The highest BCUT2D eigenvalue weighted by atomic mass is 32.2. The van der Waals surface area contributed by atoms with Crippen molar-refractivity contribution in [1.29, 1.82) is 0 Å². The van der Waals surface area contributed by atoms with E-state index < -0.39 is 34.1 Å². The van der Waals surface area contributed by atoms with Gasteiger partial charge in [0.1, 0.15) is 18.3 Å². The summed E-state index contributed by atoms with van der Waals surface area (Å²) < 4.78 is 33.8. The van der Waals surface area contributed by atoms with Crippen molar-refractivity contribution in [3.63, 3.8) is 0 Å². The van der Waals surface area contributed by atoms with E-state index in [1.54, 1.807) is 49.4 Å². The summed E-state index contributed by atoms with van der Waals surface area (Å²) in [5.74, 6) is -0.323. The number of amides is 2. The summed E-state index contributed by atoms with van der Waals surface area (Å²) in [4.78, 5) is 28.4. The molecule has 8 nitrogen and oxygen atoms in total. The summed E-state index contributed by atoms with van der Waals surface area (Å²) in [5, 5.41) is 2.92. The Balaban J connectivity index is 1.99. The van der Waals surface area contributed by atoms with Crippen molar-refractivity contribution in [2.75, 3.05) is 18.0 Å². The molecule has 9 heteroatoms. The van der Waals surface area contributed by atoms with Crippen LogP contribution in [0.4, 0.5) is 5.69 Å². The molecule has 2 amide bonds. The van der Waals surface area contributed by atoms with Crippen LogP contribution in [0.2, 0.25) is 0 Å². The Morgan fingerprint density at radius 1 is 0.895 bits per heavy atom. The predicted octanol–water partition coefficient (Wildman–Crippen LogP) is 4.22. The SMILES string of the molecule is COc1ccc(S(=O)(=O)N(CC(=O)N(Cc2ccccc2)[C@@H](C)C(=O)NC(C)(C)C)c2ccccc2)cc1. The number of hydrogen-bond donors (Lipinski definition) is 1. The Bertz CT molecular complexity index is 1320. The summed E-state index contributed by atoms with van der Waals surface area (Å²) in [6.07, 6.45) is 0. The summed E-state index contributed by atoms with van der Waals surface area (Å²) >= 11 is 0. The number of benzene rings is 3. The van der Waals surface area contributed by atoms with E-state index in [-0.39, 0.29) is 17.3 Å². The van der Waals surface area contributed by atoms with Gasteiger partial charge in [0, 0.05) is 12.1 Å². The number of carbonyl (C=O) groups is 2. The molecule has 0 heterocycles. The van der Waals surface area contributed by atoms with E-state index in [1.165, 1.54) is 24.1 Å². The zero-order chi connectivity index (χ0) is 27.9. The van der Waals surface area contributed by atoms with E-state index in [0.717, 1.165) is 9.87 Å². The van der Waals surface area contributed by atoms with Gasteiger partial charge in [-0.05, 0) is 69.7 Å². The molecule has 0 radical (unpaired) electrons. The van der Waals surface area contributed by atoms with Crippen LogP contribution < -0.4 is 14.4 Å². The smallest absolute Gasteiger partial charge is 0.264 e. The van der Waals surface area contributed by atoms with E-state index in [2.05, 4.69) is 5.32 Å². The van der Waals surface area contributed by atoms with Crippen molar-refractivity contribution in [1.82, 2.24) is 10.2 Å². The molecule has 3 aromatic carbocycles. The fraction of sp³-hybridized carbons (Fsp3) is 0.310. The highest BCUT2D eigenvalue weighted by Gasteiger charge is 2.33. The first kappa shape index (κ1) is 28.7. The monoisotopic (exact) mass is 537 g/mol. The summed E-state index contributed by atoms with van der Waals surface area (Å²) in [7, 11) is -2.63. The van der Waals surface area contributed by atoms with Crippen molar-refractivity contribution < 1.29 is 22.7 Å². The van der Waals surface area contributed by atoms with Crippen LogP contribution in [0.25, 0.3) is 0 Å². The molecule has 0 aromatic heterocycles. The van der Waals surface area contributed by atoms with Gasteiger partial charge >= 0.3 is 0 Å². The van der Waals surface area contributed by atoms with Crippen LogP contribution in [0.1, 0.15) is 33.3 Å². The lowest BCUT2D eigenvalue weighted by atomic mass is 10.1. The molecule has 0 aliphatic heterocycles. The van der Waals surface area contributed by atoms with Crippen molar-refractivity contribution >= 4 is 27.5 Å². The number of methoxy groups -OCH3 is 1. The molecule has 1 atom stereocenters. The van der Waals surface area contributed by atoms with Crippen LogP contribution in [0.15, 0.2) is 89.8 Å². The van der Waals surface area contributed by atoms with Crippen LogP contribution >= 0.6 is 0 Å². The van der Waals surface area contributed by atoms with Gasteiger partial charge in [-0.15, -0.1) is 0 Å². The molecule has 202 valence electrons. The maximum absolute atomic E-state index is 13.8. The number of ether oxygens (including phenoxy) is 1. The zero-order valence-corrected chi connectivity index (χ0v) is 23.2. The van der Waals surface area contributed by atoms with Gasteiger partial charge in [0.2, 0.25) is 11.8 Å². The van der Waals surface area contributed by atoms with Crippen LogP contribution in [-0.4, -0.2) is 50.4 Å². The molecule has 0 saturated carbocycles. The van der Waals surface area contributed by atoms with Crippen molar-refractivity contribution in [3.05, 3.63) is 90.5 Å². The van der Waals surface area contributed by atoms with Gasteiger partial charge in [0.25, 0.3) is 10.0 Å². The fourth-order valence-corrected chi connectivity index (χ4v) is 5.25. The molecule has 0 unspecified atom stereocenters. The second-order valence-electron chi connectivity index (χ2n) is 9.95. The predicted molar refractivity (Wildman–Crippen MR) is 148 cm³/mol. The van der Waals surface area contributed by atoms with Gasteiger partial charge in [-0.2, -0.15) is 0 Å². The Morgan fingerprint density at radius 3 is 1.97 bits per heavy atom. The van der Waals surface area contributed by atoms with Crippen LogP contribution in [-0.2, 0) is 26.2 Å². The molecule has 3 aromatic rings. The Hall–Kier alpha value is -3.85. The number of nitrogens with zero attached hydrogens (tertiary/aromatic N) is 2. The van der Waals surface area contributed by atoms with E-state index >= 15 is 0 Å². The zero-order valence-electron chi connectivity index (χ0n) is 22.4. The molecular formula is C29H35N3O5S. The second-order valence-corrected chi connectivity index (χ2v) is 11.8.